The zero-order valence-corrected chi connectivity index (χ0v) is 12.6. The Morgan fingerprint density at radius 1 is 1.05 bits per heavy atom. The molecule has 0 spiro atoms. The first-order valence-electron chi connectivity index (χ1n) is 5.78. The molecule has 0 amide bonds. The highest BCUT2D eigenvalue weighted by Gasteiger charge is 2.18. The lowest BCUT2D eigenvalue weighted by Gasteiger charge is -2.05. The molecule has 0 aliphatic heterocycles. The van der Waals surface area contributed by atoms with Crippen molar-refractivity contribution < 1.29 is 8.42 Å². The number of fused-ring (bicyclic) bond motifs is 1. The summed E-state index contributed by atoms with van der Waals surface area (Å²) in [5.41, 5.74) is 1.78. The van der Waals surface area contributed by atoms with E-state index in [4.69, 9.17) is 0 Å². The molecule has 0 radical (unpaired) electrons. The number of hydrogen-bond acceptors (Lipinski definition) is 3. The zero-order valence-electron chi connectivity index (χ0n) is 10.2. The molecule has 3 rings (SSSR count). The lowest BCUT2D eigenvalue weighted by Crippen LogP contribution is -2.14. The van der Waals surface area contributed by atoms with Crippen LogP contribution in [0.25, 0.3) is 11.0 Å². The molecule has 2 N–H and O–H groups in total. The highest BCUT2D eigenvalue weighted by molar-refractivity contribution is 9.10. The van der Waals surface area contributed by atoms with Gasteiger partial charge >= 0.3 is 0 Å². The average molecular weight is 352 g/mol. The number of hydrogen-bond donors (Lipinski definition) is 2. The van der Waals surface area contributed by atoms with Crippen LogP contribution in [0.2, 0.25) is 0 Å². The minimum absolute atomic E-state index is 0.0957. The Kier molecular flexibility index (Phi) is 3.23. The molecule has 0 fully saturated rings. The first kappa shape index (κ1) is 13.1. The number of para-hydroxylation sites is 2. The number of nitrogens with zero attached hydrogens (tertiary/aromatic N) is 1. The van der Waals surface area contributed by atoms with E-state index in [1.165, 1.54) is 0 Å². The molecule has 0 saturated heterocycles. The van der Waals surface area contributed by atoms with Crippen molar-refractivity contribution in [2.24, 2.45) is 0 Å². The monoisotopic (exact) mass is 351 g/mol. The molecular formula is C13H10BrN3O2S. The summed E-state index contributed by atoms with van der Waals surface area (Å²) >= 11 is 3.30. The van der Waals surface area contributed by atoms with Crippen LogP contribution in [0.1, 0.15) is 0 Å². The Hall–Kier alpha value is -1.86. The van der Waals surface area contributed by atoms with E-state index in [0.29, 0.717) is 16.7 Å². The SMILES string of the molecule is O=S(=O)(Nc1ccc(Br)cc1)c1nc2ccccc2[nH]1. The lowest BCUT2D eigenvalue weighted by atomic mass is 10.3. The first-order valence-corrected chi connectivity index (χ1v) is 8.05. The van der Waals surface area contributed by atoms with E-state index in [-0.39, 0.29) is 5.16 Å². The van der Waals surface area contributed by atoms with Crippen molar-refractivity contribution in [2.45, 2.75) is 5.16 Å². The molecule has 20 heavy (non-hydrogen) atoms. The Morgan fingerprint density at radius 2 is 1.75 bits per heavy atom. The number of halogens is 1. The van der Waals surface area contributed by atoms with E-state index in [0.717, 1.165) is 4.47 Å². The highest BCUT2D eigenvalue weighted by atomic mass is 79.9. The smallest absolute Gasteiger partial charge is 0.295 e. The van der Waals surface area contributed by atoms with Crippen LogP contribution in [0, 0.1) is 0 Å². The third kappa shape index (κ3) is 2.54. The molecule has 5 nitrogen and oxygen atoms in total. The third-order valence-electron chi connectivity index (χ3n) is 2.72. The predicted octanol–water partition coefficient (Wildman–Crippen LogP) is 3.13. The Bertz CT molecular complexity index is 824. The van der Waals surface area contributed by atoms with Gasteiger partial charge in [-0.05, 0) is 36.4 Å². The predicted molar refractivity (Wildman–Crippen MR) is 81.0 cm³/mol. The molecule has 0 aliphatic carbocycles. The van der Waals surface area contributed by atoms with Crippen molar-refractivity contribution in [1.29, 1.82) is 0 Å². The van der Waals surface area contributed by atoms with Gasteiger partial charge in [0.15, 0.2) is 0 Å². The second kappa shape index (κ2) is 4.92. The summed E-state index contributed by atoms with van der Waals surface area (Å²) in [5, 5.41) is -0.0957. The summed E-state index contributed by atoms with van der Waals surface area (Å²) < 4.78 is 27.8. The lowest BCUT2D eigenvalue weighted by molar-refractivity contribution is 0.594. The van der Waals surface area contributed by atoms with Gasteiger partial charge in [0.1, 0.15) is 0 Å². The van der Waals surface area contributed by atoms with Crippen molar-refractivity contribution in [2.75, 3.05) is 4.72 Å². The van der Waals surface area contributed by atoms with Crippen LogP contribution >= 0.6 is 15.9 Å². The fraction of sp³-hybridized carbons (Fsp3) is 0. The molecule has 0 bridgehead atoms. The number of anilines is 1. The maximum atomic E-state index is 12.2. The van der Waals surface area contributed by atoms with Gasteiger partial charge in [-0.25, -0.2) is 4.98 Å². The van der Waals surface area contributed by atoms with Crippen LogP contribution in [0.4, 0.5) is 5.69 Å². The average Bonchev–Trinajstić information content (AvgIpc) is 2.86. The van der Waals surface area contributed by atoms with E-state index in [1.807, 2.05) is 12.1 Å². The first-order chi connectivity index (χ1) is 9.54. The maximum Gasteiger partial charge on any atom is 0.295 e. The molecule has 2 aromatic carbocycles. The Labute approximate surface area is 124 Å². The second-order valence-electron chi connectivity index (χ2n) is 4.17. The summed E-state index contributed by atoms with van der Waals surface area (Å²) in [6.45, 7) is 0. The van der Waals surface area contributed by atoms with Gasteiger partial charge in [0.2, 0.25) is 5.16 Å². The molecule has 0 saturated carbocycles. The van der Waals surface area contributed by atoms with Crippen LogP contribution in [0.5, 0.6) is 0 Å². The quantitative estimate of drug-likeness (QED) is 0.761. The number of benzene rings is 2. The van der Waals surface area contributed by atoms with Crippen LogP contribution in [-0.4, -0.2) is 18.4 Å². The summed E-state index contributed by atoms with van der Waals surface area (Å²) in [6.07, 6.45) is 0. The molecule has 3 aromatic rings. The fourth-order valence-corrected chi connectivity index (χ4v) is 3.05. The number of H-pyrrole nitrogens is 1. The second-order valence-corrected chi connectivity index (χ2v) is 6.68. The van der Waals surface area contributed by atoms with E-state index in [1.54, 1.807) is 36.4 Å². The summed E-state index contributed by atoms with van der Waals surface area (Å²) in [5.74, 6) is 0. The number of sulfonamides is 1. The van der Waals surface area contributed by atoms with Gasteiger partial charge in [0.25, 0.3) is 10.0 Å². The molecule has 0 aliphatic rings. The van der Waals surface area contributed by atoms with Crippen LogP contribution in [0.3, 0.4) is 0 Å². The fourth-order valence-electron chi connectivity index (χ4n) is 1.78. The molecule has 0 unspecified atom stereocenters. The van der Waals surface area contributed by atoms with E-state index >= 15 is 0 Å². The number of aromatic amines is 1. The van der Waals surface area contributed by atoms with Gasteiger partial charge in [0.05, 0.1) is 11.0 Å². The van der Waals surface area contributed by atoms with Crippen LogP contribution < -0.4 is 4.72 Å². The summed E-state index contributed by atoms with van der Waals surface area (Å²) in [4.78, 5) is 6.88. The maximum absolute atomic E-state index is 12.2. The molecule has 1 heterocycles. The highest BCUT2D eigenvalue weighted by Crippen LogP contribution is 2.19. The molecular weight excluding hydrogens is 342 g/mol. The van der Waals surface area contributed by atoms with E-state index < -0.39 is 10.0 Å². The van der Waals surface area contributed by atoms with Crippen molar-refractivity contribution in [3.8, 4) is 0 Å². The largest absolute Gasteiger partial charge is 0.327 e. The standard InChI is InChI=1S/C13H10BrN3O2S/c14-9-5-7-10(8-6-9)17-20(18,19)13-15-11-3-1-2-4-12(11)16-13/h1-8,17H,(H,15,16). The van der Waals surface area contributed by atoms with Crippen molar-refractivity contribution in [1.82, 2.24) is 9.97 Å². The normalized spacial score (nSPS) is 11.7. The van der Waals surface area contributed by atoms with Crippen LogP contribution in [-0.2, 0) is 10.0 Å². The minimum atomic E-state index is -3.72. The molecule has 1 aromatic heterocycles. The van der Waals surface area contributed by atoms with E-state index in [2.05, 4.69) is 30.6 Å². The zero-order chi connectivity index (χ0) is 14.2. The summed E-state index contributed by atoms with van der Waals surface area (Å²) in [6, 6.07) is 14.0. The Balaban J connectivity index is 1.96. The van der Waals surface area contributed by atoms with Gasteiger partial charge in [-0.1, -0.05) is 28.1 Å². The van der Waals surface area contributed by atoms with Crippen LogP contribution in [0.15, 0.2) is 58.2 Å². The van der Waals surface area contributed by atoms with Gasteiger partial charge in [-0.15, -0.1) is 0 Å². The topological polar surface area (TPSA) is 74.8 Å². The number of nitrogens with one attached hydrogen (secondary N) is 2. The molecule has 7 heteroatoms. The molecule has 0 atom stereocenters. The molecule has 102 valence electrons. The number of imidazole rings is 1. The van der Waals surface area contributed by atoms with Crippen molar-refractivity contribution >= 4 is 42.7 Å². The van der Waals surface area contributed by atoms with Gasteiger partial charge in [-0.2, -0.15) is 8.42 Å². The summed E-state index contributed by atoms with van der Waals surface area (Å²) in [7, 11) is -3.72. The van der Waals surface area contributed by atoms with Gasteiger partial charge in [-0.3, -0.25) is 4.72 Å². The van der Waals surface area contributed by atoms with Crippen molar-refractivity contribution in [3.63, 3.8) is 0 Å². The van der Waals surface area contributed by atoms with E-state index in [9.17, 15) is 8.42 Å². The Morgan fingerprint density at radius 3 is 2.45 bits per heavy atom. The number of aromatic nitrogens is 2. The van der Waals surface area contributed by atoms with Gasteiger partial charge in [0, 0.05) is 10.2 Å². The third-order valence-corrected chi connectivity index (χ3v) is 4.45. The number of rotatable bonds is 3. The minimum Gasteiger partial charge on any atom is -0.327 e. The van der Waals surface area contributed by atoms with Crippen molar-refractivity contribution in [3.05, 3.63) is 53.0 Å². The van der Waals surface area contributed by atoms with Gasteiger partial charge < -0.3 is 4.98 Å².